The molecule has 0 amide bonds. The smallest absolute Gasteiger partial charge is 0.465 e. The second-order valence-electron chi connectivity index (χ2n) is 7.35. The van der Waals surface area contributed by atoms with Gasteiger partial charge in [-0.2, -0.15) is 0 Å². The zero-order valence-corrected chi connectivity index (χ0v) is 14.5. The van der Waals surface area contributed by atoms with Crippen molar-refractivity contribution in [3.05, 3.63) is 11.9 Å². The quantitative estimate of drug-likeness (QED) is 0.604. The molecule has 3 rings (SSSR count). The highest BCUT2D eigenvalue weighted by atomic mass is 16.7. The summed E-state index contributed by atoms with van der Waals surface area (Å²) < 4.78 is 18.8. The van der Waals surface area contributed by atoms with Crippen LogP contribution in [0.1, 0.15) is 53.2 Å². The maximum atomic E-state index is 11.6. The molecule has 1 saturated carbocycles. The van der Waals surface area contributed by atoms with Crippen molar-refractivity contribution in [3.8, 4) is 0 Å². The van der Waals surface area contributed by atoms with Gasteiger partial charge in [-0.25, -0.2) is 4.68 Å². The molecule has 2 heterocycles. The molecular weight excluding hydrogens is 297 g/mol. The normalized spacial score (nSPS) is 23.8. The zero-order chi connectivity index (χ0) is 16.9. The number of carbonyl (C=O) groups is 1. The van der Waals surface area contributed by atoms with E-state index in [0.29, 0.717) is 6.61 Å². The highest BCUT2D eigenvalue weighted by molar-refractivity contribution is 6.51. The molecule has 0 aromatic carbocycles. The Kier molecular flexibility index (Phi) is 3.80. The molecule has 1 aromatic heterocycles. The van der Waals surface area contributed by atoms with E-state index < -0.39 is 0 Å². The molecule has 7 nitrogen and oxygen atoms in total. The van der Waals surface area contributed by atoms with E-state index in [1.54, 1.807) is 13.1 Å². The summed E-state index contributed by atoms with van der Waals surface area (Å²) in [6.07, 6.45) is 3.69. The highest BCUT2D eigenvalue weighted by Gasteiger charge is 2.66. The fourth-order valence-electron chi connectivity index (χ4n) is 2.76. The number of hydrogen-bond donors (Lipinski definition) is 0. The van der Waals surface area contributed by atoms with Crippen molar-refractivity contribution in [1.29, 1.82) is 0 Å². The van der Waals surface area contributed by atoms with Crippen LogP contribution >= 0.6 is 0 Å². The van der Waals surface area contributed by atoms with E-state index in [-0.39, 0.29) is 36.1 Å². The van der Waals surface area contributed by atoms with Crippen LogP contribution in [-0.4, -0.2) is 45.9 Å². The van der Waals surface area contributed by atoms with E-state index in [1.807, 2.05) is 27.7 Å². The molecule has 8 heteroatoms. The number of rotatable bonds is 5. The van der Waals surface area contributed by atoms with Gasteiger partial charge in [0.2, 0.25) is 0 Å². The van der Waals surface area contributed by atoms with Crippen molar-refractivity contribution in [2.75, 3.05) is 6.61 Å². The molecule has 1 aromatic rings. The van der Waals surface area contributed by atoms with Crippen molar-refractivity contribution < 1.29 is 18.8 Å². The zero-order valence-electron chi connectivity index (χ0n) is 14.5. The number of nitrogens with zero attached hydrogens (tertiary/aromatic N) is 3. The first kappa shape index (κ1) is 16.5. The van der Waals surface area contributed by atoms with Crippen LogP contribution < -0.4 is 0 Å². The lowest BCUT2D eigenvalue weighted by Gasteiger charge is -2.32. The molecule has 0 spiro atoms. The average Bonchev–Trinajstić information content (AvgIpc) is 3.06. The highest BCUT2D eigenvalue weighted by Crippen LogP contribution is 2.54. The molecule has 23 heavy (non-hydrogen) atoms. The molecule has 2 fully saturated rings. The maximum absolute atomic E-state index is 11.6. The molecule has 1 saturated heterocycles. The molecule has 0 unspecified atom stereocenters. The molecule has 1 aliphatic carbocycles. The van der Waals surface area contributed by atoms with Gasteiger partial charge in [0.1, 0.15) is 6.54 Å². The monoisotopic (exact) mass is 321 g/mol. The summed E-state index contributed by atoms with van der Waals surface area (Å²) >= 11 is 0. The fourth-order valence-corrected chi connectivity index (χ4v) is 2.76. The van der Waals surface area contributed by atoms with E-state index in [4.69, 9.17) is 14.0 Å². The Morgan fingerprint density at radius 3 is 2.43 bits per heavy atom. The summed E-state index contributed by atoms with van der Waals surface area (Å²) in [6, 6.07) is 0. The van der Waals surface area contributed by atoms with Crippen LogP contribution in [0, 0.1) is 0 Å². The van der Waals surface area contributed by atoms with Gasteiger partial charge in [0.05, 0.1) is 28.8 Å². The van der Waals surface area contributed by atoms with Crippen LogP contribution in [0.5, 0.6) is 0 Å². The summed E-state index contributed by atoms with van der Waals surface area (Å²) in [6.45, 7) is 10.4. The molecule has 0 atom stereocenters. The first-order valence-corrected chi connectivity index (χ1v) is 8.12. The Hall–Kier alpha value is -1.41. The van der Waals surface area contributed by atoms with Crippen LogP contribution in [0.3, 0.4) is 0 Å². The van der Waals surface area contributed by atoms with Crippen molar-refractivity contribution >= 4 is 13.1 Å². The van der Waals surface area contributed by atoms with Crippen LogP contribution in [0.15, 0.2) is 6.20 Å². The predicted octanol–water partition coefficient (Wildman–Crippen LogP) is 1.50. The number of aromatic nitrogens is 3. The van der Waals surface area contributed by atoms with Gasteiger partial charge in [-0.05, 0) is 47.5 Å². The van der Waals surface area contributed by atoms with Crippen molar-refractivity contribution in [3.63, 3.8) is 0 Å². The topological polar surface area (TPSA) is 75.5 Å². The van der Waals surface area contributed by atoms with Gasteiger partial charge >= 0.3 is 13.1 Å². The van der Waals surface area contributed by atoms with Crippen LogP contribution in [0.4, 0.5) is 0 Å². The number of esters is 1. The minimum absolute atomic E-state index is 0.0697. The van der Waals surface area contributed by atoms with Gasteiger partial charge in [0.15, 0.2) is 0 Å². The maximum Gasteiger partial charge on any atom is 0.470 e. The average molecular weight is 321 g/mol. The van der Waals surface area contributed by atoms with Crippen molar-refractivity contribution in [2.45, 2.75) is 70.5 Å². The Labute approximate surface area is 136 Å². The summed E-state index contributed by atoms with van der Waals surface area (Å²) in [5.41, 5.74) is 0.0860. The second-order valence-corrected chi connectivity index (χ2v) is 7.35. The summed E-state index contributed by atoms with van der Waals surface area (Å²) in [4.78, 5) is 11.6. The molecule has 0 N–H and O–H groups in total. The largest absolute Gasteiger partial charge is 0.470 e. The molecule has 126 valence electrons. The minimum Gasteiger partial charge on any atom is -0.465 e. The first-order chi connectivity index (χ1) is 10.7. The lowest BCUT2D eigenvalue weighted by molar-refractivity contribution is -0.144. The third-order valence-electron chi connectivity index (χ3n) is 5.14. The Morgan fingerprint density at radius 1 is 1.30 bits per heavy atom. The van der Waals surface area contributed by atoms with Gasteiger partial charge in [-0.3, -0.25) is 4.79 Å². The standard InChI is InChI=1S/C15H24BN3O4/c1-6-21-12(20)10-19-9-11(17-18-19)15(7-8-15)16-22-13(2,3)14(4,5)23-16/h9H,6-8,10H2,1-5H3. The molecule has 2 aliphatic rings. The minimum atomic E-state index is -0.367. The number of hydrogen-bond acceptors (Lipinski definition) is 6. The van der Waals surface area contributed by atoms with E-state index in [2.05, 4.69) is 10.3 Å². The van der Waals surface area contributed by atoms with E-state index in [0.717, 1.165) is 18.5 Å². The Bertz CT molecular complexity index is 594. The van der Waals surface area contributed by atoms with E-state index >= 15 is 0 Å². The molecule has 1 aliphatic heterocycles. The molecular formula is C15H24BN3O4. The lowest BCUT2D eigenvalue weighted by Crippen LogP contribution is -2.41. The molecule has 0 bridgehead atoms. The Balaban J connectivity index is 1.75. The SMILES string of the molecule is CCOC(=O)Cn1cc(C2(B3OC(C)(C)C(C)(C)O3)CC2)nn1. The third-order valence-corrected chi connectivity index (χ3v) is 5.14. The van der Waals surface area contributed by atoms with Crippen LogP contribution in [0.25, 0.3) is 0 Å². The van der Waals surface area contributed by atoms with Crippen LogP contribution in [0.2, 0.25) is 0 Å². The third kappa shape index (κ3) is 2.78. The van der Waals surface area contributed by atoms with Crippen molar-refractivity contribution in [1.82, 2.24) is 15.0 Å². The number of ether oxygens (including phenoxy) is 1. The van der Waals surface area contributed by atoms with Crippen molar-refractivity contribution in [2.24, 2.45) is 0 Å². The van der Waals surface area contributed by atoms with Gasteiger partial charge in [0, 0.05) is 6.20 Å². The number of carbonyl (C=O) groups excluding carboxylic acids is 1. The van der Waals surface area contributed by atoms with Gasteiger partial charge < -0.3 is 14.0 Å². The van der Waals surface area contributed by atoms with E-state index in [1.165, 1.54) is 4.68 Å². The molecule has 0 radical (unpaired) electrons. The van der Waals surface area contributed by atoms with Gasteiger partial charge in [-0.1, -0.05) is 5.21 Å². The second kappa shape index (κ2) is 5.31. The predicted molar refractivity (Wildman–Crippen MR) is 83.6 cm³/mol. The van der Waals surface area contributed by atoms with Crippen LogP contribution in [-0.2, 0) is 30.7 Å². The van der Waals surface area contributed by atoms with E-state index in [9.17, 15) is 4.79 Å². The fraction of sp³-hybridized carbons (Fsp3) is 0.800. The lowest BCUT2D eigenvalue weighted by atomic mass is 9.66. The first-order valence-electron chi connectivity index (χ1n) is 8.12. The van der Waals surface area contributed by atoms with Gasteiger partial charge in [0.25, 0.3) is 0 Å². The Morgan fingerprint density at radius 2 is 1.91 bits per heavy atom. The van der Waals surface area contributed by atoms with Gasteiger partial charge in [-0.15, -0.1) is 5.10 Å². The summed E-state index contributed by atoms with van der Waals surface area (Å²) in [7, 11) is -0.333. The summed E-state index contributed by atoms with van der Waals surface area (Å²) in [5.74, 6) is -0.315. The summed E-state index contributed by atoms with van der Waals surface area (Å²) in [5, 5.41) is 8.04.